The molecule has 1 fully saturated rings. The Labute approximate surface area is 178 Å². The van der Waals surface area contributed by atoms with E-state index in [0.717, 1.165) is 10.5 Å². The maximum absolute atomic E-state index is 15.0. The number of piperidine rings is 1. The minimum Gasteiger partial charge on any atom is -0.445 e. The summed E-state index contributed by atoms with van der Waals surface area (Å²) in [5, 5.41) is 0. The maximum Gasteiger partial charge on any atom is 0.410 e. The molecule has 2 aliphatic heterocycles. The van der Waals surface area contributed by atoms with Gasteiger partial charge in [0.2, 0.25) is 0 Å². The molecule has 2 aromatic carbocycles. The van der Waals surface area contributed by atoms with E-state index in [9.17, 15) is 23.2 Å². The Morgan fingerprint density at radius 1 is 1.00 bits per heavy atom. The highest BCUT2D eigenvalue weighted by atomic mass is 19.3. The van der Waals surface area contributed by atoms with Crippen molar-refractivity contribution >= 4 is 17.9 Å². The molecule has 31 heavy (non-hydrogen) atoms. The molecular weight excluding hydrogens is 406 g/mol. The number of fused-ring (bicyclic) bond motifs is 1. The summed E-state index contributed by atoms with van der Waals surface area (Å²) in [4.78, 5) is 39.8. The zero-order valence-corrected chi connectivity index (χ0v) is 17.0. The number of hydrogen-bond acceptors (Lipinski definition) is 4. The molecule has 1 saturated heterocycles. The van der Waals surface area contributed by atoms with Crippen LogP contribution < -0.4 is 0 Å². The van der Waals surface area contributed by atoms with E-state index >= 15 is 0 Å². The van der Waals surface area contributed by atoms with E-state index in [0.29, 0.717) is 0 Å². The first-order valence-electron chi connectivity index (χ1n) is 10.1. The number of alkyl halides is 2. The Balaban J connectivity index is 1.47. The predicted molar refractivity (Wildman–Crippen MR) is 108 cm³/mol. The van der Waals surface area contributed by atoms with E-state index in [1.165, 1.54) is 24.0 Å². The fourth-order valence-corrected chi connectivity index (χ4v) is 4.08. The number of halogens is 2. The highest BCUT2D eigenvalue weighted by molar-refractivity contribution is 6.21. The number of benzene rings is 2. The molecular formula is C23H22F2N2O4. The van der Waals surface area contributed by atoms with Gasteiger partial charge in [-0.25, -0.2) is 13.6 Å². The molecule has 0 radical (unpaired) electrons. The number of likely N-dealkylation sites (tertiary alicyclic amines) is 1. The van der Waals surface area contributed by atoms with E-state index in [1.54, 1.807) is 24.3 Å². The van der Waals surface area contributed by atoms with Crippen LogP contribution in [0, 0.1) is 11.8 Å². The summed E-state index contributed by atoms with van der Waals surface area (Å²) in [6.45, 7) is 0.444. The second-order valence-corrected chi connectivity index (χ2v) is 7.98. The van der Waals surface area contributed by atoms with E-state index in [1.807, 2.05) is 18.2 Å². The van der Waals surface area contributed by atoms with Crippen molar-refractivity contribution in [2.45, 2.75) is 19.5 Å². The summed E-state index contributed by atoms with van der Waals surface area (Å²) < 4.78 is 35.2. The van der Waals surface area contributed by atoms with Crippen LogP contribution in [0.1, 0.15) is 33.2 Å². The van der Waals surface area contributed by atoms with Crippen molar-refractivity contribution in [2.24, 2.45) is 11.8 Å². The summed E-state index contributed by atoms with van der Waals surface area (Å²) in [5.41, 5.74) is 1.20. The molecule has 8 heteroatoms. The SMILES string of the molecule is C[C@H]1CN(C(=O)OCc2ccccc2)C[C@@H](CN2C(=O)c3ccccc3C2=O)C1(F)F. The van der Waals surface area contributed by atoms with Crippen LogP contribution in [0.3, 0.4) is 0 Å². The standard InChI is InChI=1S/C23H22F2N2O4/c1-15-11-26(22(30)31-14-16-7-3-2-4-8-16)12-17(23(15,24)25)13-27-20(28)18-9-5-6-10-19(18)21(27)29/h2-10,15,17H,11-14H2,1H3/t15-,17-/m0/s1. The van der Waals surface area contributed by atoms with Crippen LogP contribution in [-0.2, 0) is 11.3 Å². The fraction of sp³-hybridized carbons (Fsp3) is 0.348. The number of hydrogen-bond donors (Lipinski definition) is 0. The zero-order chi connectivity index (χ0) is 22.2. The number of ether oxygens (including phenoxy) is 1. The van der Waals surface area contributed by atoms with Crippen molar-refractivity contribution in [3.05, 3.63) is 71.3 Å². The normalized spacial score (nSPS) is 22.4. The number of imide groups is 1. The van der Waals surface area contributed by atoms with Crippen LogP contribution in [0.25, 0.3) is 0 Å². The van der Waals surface area contributed by atoms with Crippen molar-refractivity contribution < 1.29 is 27.9 Å². The summed E-state index contributed by atoms with van der Waals surface area (Å²) in [6, 6.07) is 15.3. The van der Waals surface area contributed by atoms with Crippen LogP contribution in [0.4, 0.5) is 13.6 Å². The molecule has 4 rings (SSSR count). The Kier molecular flexibility index (Phi) is 5.47. The van der Waals surface area contributed by atoms with E-state index < -0.39 is 42.2 Å². The minimum atomic E-state index is -3.15. The highest BCUT2D eigenvalue weighted by Gasteiger charge is 2.52. The number of carbonyl (C=O) groups is 3. The molecule has 162 valence electrons. The first-order chi connectivity index (χ1) is 14.8. The monoisotopic (exact) mass is 428 g/mol. The number of nitrogens with zero attached hydrogens (tertiary/aromatic N) is 2. The maximum atomic E-state index is 15.0. The van der Waals surface area contributed by atoms with Gasteiger partial charge >= 0.3 is 6.09 Å². The largest absolute Gasteiger partial charge is 0.445 e. The Hall–Kier alpha value is -3.29. The second-order valence-electron chi connectivity index (χ2n) is 7.98. The molecule has 2 atom stereocenters. The van der Waals surface area contributed by atoms with E-state index in [-0.39, 0.29) is 30.8 Å². The Morgan fingerprint density at radius 2 is 1.58 bits per heavy atom. The van der Waals surface area contributed by atoms with E-state index in [4.69, 9.17) is 4.74 Å². The first-order valence-corrected chi connectivity index (χ1v) is 10.1. The van der Waals surface area contributed by atoms with Crippen LogP contribution in [0.2, 0.25) is 0 Å². The van der Waals surface area contributed by atoms with Gasteiger partial charge in [-0.3, -0.25) is 14.5 Å². The topological polar surface area (TPSA) is 66.9 Å². The molecule has 0 aromatic heterocycles. The van der Waals surface area contributed by atoms with Gasteiger partial charge in [0.15, 0.2) is 0 Å². The molecule has 0 bridgehead atoms. The van der Waals surface area contributed by atoms with Gasteiger partial charge in [-0.1, -0.05) is 49.4 Å². The summed E-state index contributed by atoms with van der Waals surface area (Å²) in [7, 11) is 0. The Bertz CT molecular complexity index is 977. The van der Waals surface area contributed by atoms with Crippen LogP contribution in [0.15, 0.2) is 54.6 Å². The highest BCUT2D eigenvalue weighted by Crippen LogP contribution is 2.39. The predicted octanol–water partition coefficient (Wildman–Crippen LogP) is 3.82. The van der Waals surface area contributed by atoms with Gasteiger partial charge in [0.1, 0.15) is 6.61 Å². The van der Waals surface area contributed by atoms with Gasteiger partial charge < -0.3 is 9.64 Å². The zero-order valence-electron chi connectivity index (χ0n) is 17.0. The number of rotatable bonds is 4. The van der Waals surface area contributed by atoms with Gasteiger partial charge in [0.25, 0.3) is 17.7 Å². The van der Waals surface area contributed by atoms with Crippen LogP contribution in [0.5, 0.6) is 0 Å². The number of carbonyl (C=O) groups excluding carboxylic acids is 3. The number of amides is 3. The molecule has 2 heterocycles. The third-order valence-corrected chi connectivity index (χ3v) is 5.88. The lowest BCUT2D eigenvalue weighted by molar-refractivity contribution is -0.142. The van der Waals surface area contributed by atoms with Crippen molar-refractivity contribution in [1.29, 1.82) is 0 Å². The second kappa shape index (κ2) is 8.09. The van der Waals surface area contributed by atoms with Gasteiger partial charge in [0, 0.05) is 25.6 Å². The molecule has 0 unspecified atom stereocenters. The van der Waals surface area contributed by atoms with Crippen molar-refractivity contribution in [2.75, 3.05) is 19.6 Å². The van der Waals surface area contributed by atoms with Crippen molar-refractivity contribution in [3.63, 3.8) is 0 Å². The van der Waals surface area contributed by atoms with Crippen LogP contribution >= 0.6 is 0 Å². The third-order valence-electron chi connectivity index (χ3n) is 5.88. The van der Waals surface area contributed by atoms with Crippen molar-refractivity contribution in [3.8, 4) is 0 Å². The fourth-order valence-electron chi connectivity index (χ4n) is 4.08. The average Bonchev–Trinajstić information content (AvgIpc) is 3.01. The smallest absolute Gasteiger partial charge is 0.410 e. The van der Waals surface area contributed by atoms with Crippen LogP contribution in [-0.4, -0.2) is 53.3 Å². The minimum absolute atomic E-state index is 0.0318. The van der Waals surface area contributed by atoms with Gasteiger partial charge in [-0.2, -0.15) is 0 Å². The molecule has 2 aliphatic rings. The Morgan fingerprint density at radius 3 is 2.19 bits per heavy atom. The van der Waals surface area contributed by atoms with Gasteiger partial charge in [-0.05, 0) is 17.7 Å². The molecule has 6 nitrogen and oxygen atoms in total. The third kappa shape index (κ3) is 3.89. The molecule has 2 aromatic rings. The molecule has 0 saturated carbocycles. The summed E-state index contributed by atoms with van der Waals surface area (Å²) in [6.07, 6.45) is -0.696. The lowest BCUT2D eigenvalue weighted by atomic mass is 9.85. The molecule has 3 amide bonds. The lowest BCUT2D eigenvalue weighted by Crippen LogP contribution is -2.57. The van der Waals surface area contributed by atoms with E-state index in [2.05, 4.69) is 0 Å². The quantitative estimate of drug-likeness (QED) is 0.695. The molecule has 0 aliphatic carbocycles. The van der Waals surface area contributed by atoms with Gasteiger partial charge in [0.05, 0.1) is 17.0 Å². The summed E-state index contributed by atoms with van der Waals surface area (Å²) >= 11 is 0. The lowest BCUT2D eigenvalue weighted by Gasteiger charge is -2.42. The average molecular weight is 428 g/mol. The van der Waals surface area contributed by atoms with Gasteiger partial charge in [-0.15, -0.1) is 0 Å². The first kappa shape index (κ1) is 21.0. The molecule has 0 spiro atoms. The molecule has 0 N–H and O–H groups in total. The van der Waals surface area contributed by atoms with Crippen molar-refractivity contribution in [1.82, 2.24) is 9.80 Å². The summed E-state index contributed by atoms with van der Waals surface area (Å²) in [5.74, 6) is -6.86.